The van der Waals surface area contributed by atoms with E-state index < -0.39 is 5.60 Å². The molecule has 0 bridgehead atoms. The molecule has 2 aliphatic rings. The standard InChI is InChI=1S/C22H27NO3/c24-22(19-8-2-1-3-9-19)12-13-23(17-22)15-18-7-4-5-11-21(18)26-16-20-10-6-14-25-20/h1-5,7-9,11,20,24H,6,10,12-17H2/t20-,22-/m1/s1. The summed E-state index contributed by atoms with van der Waals surface area (Å²) < 4.78 is 11.7. The SMILES string of the molecule is O[C@]1(c2ccccc2)CCN(Cc2ccccc2OC[C@H]2CCCO2)C1. The smallest absolute Gasteiger partial charge is 0.123 e. The minimum atomic E-state index is -0.755. The van der Waals surface area contributed by atoms with Crippen LogP contribution in [-0.2, 0) is 16.9 Å². The number of para-hydroxylation sites is 1. The maximum atomic E-state index is 11.0. The van der Waals surface area contributed by atoms with Gasteiger partial charge in [-0.05, 0) is 30.9 Å². The molecule has 0 spiro atoms. The van der Waals surface area contributed by atoms with Crippen LogP contribution < -0.4 is 4.74 Å². The average Bonchev–Trinajstić information content (AvgIpc) is 3.32. The molecule has 0 radical (unpaired) electrons. The third-order valence-corrected chi connectivity index (χ3v) is 5.45. The van der Waals surface area contributed by atoms with Gasteiger partial charge in [0.2, 0.25) is 0 Å². The van der Waals surface area contributed by atoms with Crippen LogP contribution in [0.5, 0.6) is 5.75 Å². The number of nitrogens with zero attached hydrogens (tertiary/aromatic N) is 1. The molecule has 26 heavy (non-hydrogen) atoms. The normalized spacial score (nSPS) is 26.3. The fourth-order valence-corrected chi connectivity index (χ4v) is 3.96. The van der Waals surface area contributed by atoms with Crippen LogP contribution in [0.2, 0.25) is 0 Å². The molecule has 0 aromatic heterocycles. The molecule has 4 rings (SSSR count). The third kappa shape index (κ3) is 3.93. The van der Waals surface area contributed by atoms with Crippen LogP contribution in [-0.4, -0.2) is 42.4 Å². The van der Waals surface area contributed by atoms with Gasteiger partial charge in [-0.15, -0.1) is 0 Å². The second kappa shape index (κ2) is 7.78. The van der Waals surface area contributed by atoms with E-state index in [9.17, 15) is 5.11 Å². The van der Waals surface area contributed by atoms with Gasteiger partial charge in [-0.1, -0.05) is 48.5 Å². The highest BCUT2D eigenvalue weighted by Gasteiger charge is 2.37. The largest absolute Gasteiger partial charge is 0.491 e. The van der Waals surface area contributed by atoms with Gasteiger partial charge in [0, 0.05) is 31.8 Å². The Kier molecular flexibility index (Phi) is 5.25. The lowest BCUT2D eigenvalue weighted by atomic mass is 9.93. The van der Waals surface area contributed by atoms with Gasteiger partial charge in [-0.3, -0.25) is 4.90 Å². The van der Waals surface area contributed by atoms with E-state index in [-0.39, 0.29) is 6.10 Å². The summed E-state index contributed by atoms with van der Waals surface area (Å²) in [4.78, 5) is 2.31. The number of likely N-dealkylation sites (tertiary alicyclic amines) is 1. The van der Waals surface area contributed by atoms with Gasteiger partial charge in [0.25, 0.3) is 0 Å². The minimum absolute atomic E-state index is 0.220. The maximum absolute atomic E-state index is 11.0. The highest BCUT2D eigenvalue weighted by atomic mass is 16.5. The fraction of sp³-hybridized carbons (Fsp3) is 0.455. The Hall–Kier alpha value is -1.88. The second-order valence-electron chi connectivity index (χ2n) is 7.41. The van der Waals surface area contributed by atoms with Crippen LogP contribution in [0.15, 0.2) is 54.6 Å². The summed E-state index contributed by atoms with van der Waals surface area (Å²) in [5, 5.41) is 11.0. The summed E-state index contributed by atoms with van der Waals surface area (Å²) >= 11 is 0. The van der Waals surface area contributed by atoms with Crippen molar-refractivity contribution in [2.45, 2.75) is 37.5 Å². The Bertz CT molecular complexity index is 714. The van der Waals surface area contributed by atoms with Crippen LogP contribution in [0.4, 0.5) is 0 Å². The zero-order chi connectivity index (χ0) is 17.8. The van der Waals surface area contributed by atoms with Crippen molar-refractivity contribution in [1.82, 2.24) is 4.90 Å². The molecule has 0 aliphatic carbocycles. The Balaban J connectivity index is 1.40. The van der Waals surface area contributed by atoms with Gasteiger partial charge in [-0.25, -0.2) is 0 Å². The van der Waals surface area contributed by atoms with Gasteiger partial charge >= 0.3 is 0 Å². The monoisotopic (exact) mass is 353 g/mol. The predicted molar refractivity (Wildman–Crippen MR) is 101 cm³/mol. The number of β-amino-alcohol motifs (C(OH)–C–C–N with tert-alkyl or cyclic N) is 1. The van der Waals surface area contributed by atoms with E-state index in [0.29, 0.717) is 13.2 Å². The van der Waals surface area contributed by atoms with Gasteiger partial charge in [0.05, 0.1) is 6.10 Å². The molecular weight excluding hydrogens is 326 g/mol. The molecule has 2 aromatic rings. The summed E-state index contributed by atoms with van der Waals surface area (Å²) in [5.74, 6) is 0.929. The first-order valence-corrected chi connectivity index (χ1v) is 9.55. The van der Waals surface area contributed by atoms with Gasteiger partial charge in [0.15, 0.2) is 0 Å². The van der Waals surface area contributed by atoms with E-state index in [1.165, 1.54) is 5.56 Å². The number of hydrogen-bond donors (Lipinski definition) is 1. The van der Waals surface area contributed by atoms with Crippen LogP contribution in [0.25, 0.3) is 0 Å². The molecule has 1 N–H and O–H groups in total. The molecule has 0 amide bonds. The lowest BCUT2D eigenvalue weighted by Gasteiger charge is -2.24. The highest BCUT2D eigenvalue weighted by molar-refractivity contribution is 5.33. The van der Waals surface area contributed by atoms with Crippen molar-refractivity contribution in [3.63, 3.8) is 0 Å². The van der Waals surface area contributed by atoms with Crippen LogP contribution in [0.3, 0.4) is 0 Å². The van der Waals surface area contributed by atoms with E-state index in [1.807, 2.05) is 48.5 Å². The zero-order valence-electron chi connectivity index (χ0n) is 15.1. The lowest BCUT2D eigenvalue weighted by molar-refractivity contribution is 0.0450. The topological polar surface area (TPSA) is 41.9 Å². The molecular formula is C22H27NO3. The quantitative estimate of drug-likeness (QED) is 0.865. The van der Waals surface area contributed by atoms with Crippen molar-refractivity contribution in [2.24, 2.45) is 0 Å². The molecule has 138 valence electrons. The molecule has 2 fully saturated rings. The van der Waals surface area contributed by atoms with Crippen molar-refractivity contribution in [3.05, 3.63) is 65.7 Å². The second-order valence-corrected chi connectivity index (χ2v) is 7.41. The van der Waals surface area contributed by atoms with Crippen LogP contribution in [0.1, 0.15) is 30.4 Å². The first kappa shape index (κ1) is 17.5. The van der Waals surface area contributed by atoms with E-state index in [2.05, 4.69) is 11.0 Å². The minimum Gasteiger partial charge on any atom is -0.491 e. The number of ether oxygens (including phenoxy) is 2. The Morgan fingerprint density at radius 2 is 1.92 bits per heavy atom. The van der Waals surface area contributed by atoms with E-state index in [4.69, 9.17) is 9.47 Å². The van der Waals surface area contributed by atoms with Crippen molar-refractivity contribution in [1.29, 1.82) is 0 Å². The molecule has 4 nitrogen and oxygen atoms in total. The number of rotatable bonds is 6. The summed E-state index contributed by atoms with van der Waals surface area (Å²) in [5.41, 5.74) is 1.42. The molecule has 2 atom stereocenters. The number of aliphatic hydroxyl groups is 1. The van der Waals surface area contributed by atoms with Gasteiger partial charge in [-0.2, -0.15) is 0 Å². The molecule has 4 heteroatoms. The van der Waals surface area contributed by atoms with Crippen LogP contribution in [0, 0.1) is 0 Å². The maximum Gasteiger partial charge on any atom is 0.123 e. The molecule has 2 saturated heterocycles. The van der Waals surface area contributed by atoms with Crippen molar-refractivity contribution in [2.75, 3.05) is 26.3 Å². The van der Waals surface area contributed by atoms with Crippen molar-refractivity contribution in [3.8, 4) is 5.75 Å². The predicted octanol–water partition coefficient (Wildman–Crippen LogP) is 3.34. The van der Waals surface area contributed by atoms with Crippen molar-refractivity contribution >= 4 is 0 Å². The summed E-state index contributed by atoms with van der Waals surface area (Å²) in [7, 11) is 0. The van der Waals surface area contributed by atoms with E-state index in [0.717, 1.165) is 50.3 Å². The van der Waals surface area contributed by atoms with Crippen molar-refractivity contribution < 1.29 is 14.6 Å². The van der Waals surface area contributed by atoms with Crippen LogP contribution >= 0.6 is 0 Å². The zero-order valence-corrected chi connectivity index (χ0v) is 15.1. The summed E-state index contributed by atoms with van der Waals surface area (Å²) in [6.07, 6.45) is 3.19. The fourth-order valence-electron chi connectivity index (χ4n) is 3.96. The third-order valence-electron chi connectivity index (χ3n) is 5.45. The first-order valence-electron chi connectivity index (χ1n) is 9.55. The van der Waals surface area contributed by atoms with E-state index in [1.54, 1.807) is 0 Å². The number of benzene rings is 2. The van der Waals surface area contributed by atoms with Gasteiger partial charge in [0.1, 0.15) is 18.0 Å². The van der Waals surface area contributed by atoms with Gasteiger partial charge < -0.3 is 14.6 Å². The first-order chi connectivity index (χ1) is 12.7. The lowest BCUT2D eigenvalue weighted by Crippen LogP contribution is -2.30. The summed E-state index contributed by atoms with van der Waals surface area (Å²) in [6.45, 7) is 3.78. The summed E-state index contributed by atoms with van der Waals surface area (Å²) in [6, 6.07) is 18.2. The molecule has 0 saturated carbocycles. The number of hydrogen-bond acceptors (Lipinski definition) is 4. The highest BCUT2D eigenvalue weighted by Crippen LogP contribution is 2.33. The molecule has 0 unspecified atom stereocenters. The Morgan fingerprint density at radius 1 is 1.12 bits per heavy atom. The van der Waals surface area contributed by atoms with E-state index >= 15 is 0 Å². The molecule has 2 aromatic carbocycles. The average molecular weight is 353 g/mol. The molecule has 2 heterocycles. The molecule has 2 aliphatic heterocycles. The Labute approximate surface area is 155 Å². The Morgan fingerprint density at radius 3 is 2.73 bits per heavy atom.